The number of benzene rings is 1. The van der Waals surface area contributed by atoms with Crippen molar-refractivity contribution in [1.82, 2.24) is 5.32 Å². The number of carbonyl (C=O) groups is 1. The van der Waals surface area contributed by atoms with E-state index in [2.05, 4.69) is 18.8 Å². The maximum Gasteiger partial charge on any atom is 0.174 e. The quantitative estimate of drug-likeness (QED) is 0.825. The van der Waals surface area contributed by atoms with Crippen molar-refractivity contribution in [2.24, 2.45) is 0 Å². The topological polar surface area (TPSA) is 67.8 Å². The fourth-order valence-corrected chi connectivity index (χ4v) is 5.20. The van der Waals surface area contributed by atoms with Gasteiger partial charge in [-0.05, 0) is 31.4 Å². The molecule has 1 aromatic rings. The second kappa shape index (κ2) is 5.07. The number of aromatic hydroxyl groups is 1. The van der Waals surface area contributed by atoms with Gasteiger partial charge in [0.25, 0.3) is 0 Å². The van der Waals surface area contributed by atoms with Crippen molar-refractivity contribution < 1.29 is 19.4 Å². The van der Waals surface area contributed by atoms with E-state index in [9.17, 15) is 9.90 Å². The second-order valence-corrected chi connectivity index (χ2v) is 7.16. The zero-order valence-corrected chi connectivity index (χ0v) is 14.1. The van der Waals surface area contributed by atoms with Gasteiger partial charge in [-0.1, -0.05) is 12.1 Å². The van der Waals surface area contributed by atoms with Crippen LogP contribution in [0, 0.1) is 0 Å². The van der Waals surface area contributed by atoms with Crippen molar-refractivity contribution in [2.75, 3.05) is 13.7 Å². The molecule has 3 aliphatic rings. The zero-order chi connectivity index (χ0) is 17.1. The van der Waals surface area contributed by atoms with Crippen LogP contribution in [0.1, 0.15) is 30.9 Å². The molecule has 5 heteroatoms. The third kappa shape index (κ3) is 1.64. The first kappa shape index (κ1) is 15.7. The number of Topliss-reactive ketones (excluding diaryl/α,β-unsaturated/α-hetero) is 1. The predicted octanol–water partition coefficient (Wildman–Crippen LogP) is 1.86. The van der Waals surface area contributed by atoms with Gasteiger partial charge in [0.2, 0.25) is 0 Å². The number of phenolic OH excluding ortho intramolecular Hbond substituents is 1. The Labute approximate surface area is 141 Å². The molecular weight excluding hydrogens is 306 g/mol. The van der Waals surface area contributed by atoms with Gasteiger partial charge < -0.3 is 19.9 Å². The van der Waals surface area contributed by atoms with Crippen molar-refractivity contribution in [1.29, 1.82) is 0 Å². The first-order chi connectivity index (χ1) is 11.5. The molecule has 0 unspecified atom stereocenters. The van der Waals surface area contributed by atoms with Crippen molar-refractivity contribution in [2.45, 2.75) is 49.3 Å². The molecule has 1 aliphatic heterocycles. The minimum absolute atomic E-state index is 0.0488. The van der Waals surface area contributed by atoms with Crippen LogP contribution in [-0.4, -0.2) is 42.3 Å². The van der Waals surface area contributed by atoms with Crippen LogP contribution in [0.3, 0.4) is 0 Å². The molecule has 1 aromatic carbocycles. The summed E-state index contributed by atoms with van der Waals surface area (Å²) in [6.45, 7) is 6.52. The Hall–Kier alpha value is -1.85. The third-order valence-corrected chi connectivity index (χ3v) is 6.28. The molecule has 4 rings (SSSR count). The van der Waals surface area contributed by atoms with Crippen LogP contribution >= 0.6 is 0 Å². The lowest BCUT2D eigenvalue weighted by atomic mass is 9.52. The van der Waals surface area contributed by atoms with Crippen molar-refractivity contribution in [3.8, 4) is 11.5 Å². The van der Waals surface area contributed by atoms with Gasteiger partial charge in [-0.2, -0.15) is 0 Å². The molecule has 2 aliphatic carbocycles. The molecule has 1 fully saturated rings. The molecule has 0 aromatic heterocycles. The lowest BCUT2D eigenvalue weighted by molar-refractivity contribution is -0.164. The van der Waals surface area contributed by atoms with Crippen LogP contribution < -0.4 is 10.1 Å². The van der Waals surface area contributed by atoms with Gasteiger partial charge in [0, 0.05) is 31.7 Å². The van der Waals surface area contributed by atoms with E-state index in [4.69, 9.17) is 9.47 Å². The summed E-state index contributed by atoms with van der Waals surface area (Å²) in [4.78, 5) is 12.6. The Balaban J connectivity index is 1.97. The summed E-state index contributed by atoms with van der Waals surface area (Å²) in [5, 5.41) is 13.8. The number of nitrogens with one attached hydrogen (secondary N) is 1. The number of ketones is 1. The van der Waals surface area contributed by atoms with Gasteiger partial charge in [0.1, 0.15) is 0 Å². The van der Waals surface area contributed by atoms with Crippen LogP contribution in [0.5, 0.6) is 11.5 Å². The van der Waals surface area contributed by atoms with E-state index in [1.54, 1.807) is 13.2 Å². The Morgan fingerprint density at radius 3 is 3.04 bits per heavy atom. The Kier molecular flexibility index (Phi) is 3.31. The fourth-order valence-electron chi connectivity index (χ4n) is 5.20. The molecule has 0 amide bonds. The Morgan fingerprint density at radius 2 is 2.33 bits per heavy atom. The molecule has 24 heavy (non-hydrogen) atoms. The molecule has 4 atom stereocenters. The number of carbonyl (C=O) groups excluding carboxylic acids is 1. The lowest BCUT2D eigenvalue weighted by Gasteiger charge is -2.57. The largest absolute Gasteiger partial charge is 0.504 e. The first-order valence-electron chi connectivity index (χ1n) is 8.43. The highest BCUT2D eigenvalue weighted by molar-refractivity contribution is 5.89. The van der Waals surface area contributed by atoms with E-state index < -0.39 is 17.1 Å². The first-order valence-corrected chi connectivity index (χ1v) is 8.43. The third-order valence-electron chi connectivity index (χ3n) is 6.28. The maximum atomic E-state index is 12.6. The zero-order valence-electron chi connectivity index (χ0n) is 14.1. The lowest BCUT2D eigenvalue weighted by Crippen LogP contribution is -2.72. The van der Waals surface area contributed by atoms with Crippen molar-refractivity contribution in [3.63, 3.8) is 0 Å². The van der Waals surface area contributed by atoms with E-state index >= 15 is 0 Å². The summed E-state index contributed by atoms with van der Waals surface area (Å²) >= 11 is 0. The van der Waals surface area contributed by atoms with Gasteiger partial charge in [0.05, 0.1) is 11.0 Å². The highest BCUT2D eigenvalue weighted by atomic mass is 16.5. The van der Waals surface area contributed by atoms with Crippen molar-refractivity contribution in [3.05, 3.63) is 35.9 Å². The molecule has 0 bridgehead atoms. The highest BCUT2D eigenvalue weighted by Crippen LogP contribution is 2.61. The van der Waals surface area contributed by atoms with Gasteiger partial charge in [0.15, 0.2) is 23.4 Å². The van der Waals surface area contributed by atoms with Crippen LogP contribution in [0.4, 0.5) is 0 Å². The fraction of sp³-hybridized carbons (Fsp3) is 0.526. The number of phenols is 1. The Bertz CT molecular complexity index is 730. The molecular formula is C19H23NO4. The second-order valence-electron chi connectivity index (χ2n) is 7.16. The Morgan fingerprint density at radius 1 is 1.54 bits per heavy atom. The number of hydrogen-bond acceptors (Lipinski definition) is 5. The average molecular weight is 329 g/mol. The molecule has 5 nitrogen and oxygen atoms in total. The van der Waals surface area contributed by atoms with Gasteiger partial charge >= 0.3 is 0 Å². The standard InChI is InChI=1S/C19H23NO4/c1-4-9-20-14-10-11-5-6-12(21)16-15(11)18(2)17(24-16)13(22)7-8-19(14,18)23-3/h4-6,14,17,20-21H,1,7-10H2,2-3H3/t14-,17+,18+,19-/m0/s1. The van der Waals surface area contributed by atoms with E-state index in [1.165, 1.54) is 0 Å². The van der Waals surface area contributed by atoms with Crippen LogP contribution in [-0.2, 0) is 21.4 Å². The number of rotatable bonds is 4. The van der Waals surface area contributed by atoms with Gasteiger partial charge in [-0.3, -0.25) is 4.79 Å². The van der Waals surface area contributed by atoms with E-state index in [1.807, 2.05) is 12.1 Å². The monoisotopic (exact) mass is 329 g/mol. The smallest absolute Gasteiger partial charge is 0.174 e. The SMILES string of the molecule is C=CCN[C@H]1Cc2ccc(O)c3c2[C@]2(C)[C@H](O3)C(=O)CC[C@]12OC. The predicted molar refractivity (Wildman–Crippen MR) is 89.5 cm³/mol. The molecule has 2 N–H and O–H groups in total. The van der Waals surface area contributed by atoms with E-state index in [-0.39, 0.29) is 17.6 Å². The number of methoxy groups -OCH3 is 1. The van der Waals surface area contributed by atoms with Crippen molar-refractivity contribution >= 4 is 5.78 Å². The number of ether oxygens (including phenoxy) is 2. The molecule has 0 saturated heterocycles. The van der Waals surface area contributed by atoms with Gasteiger partial charge in [-0.15, -0.1) is 6.58 Å². The normalized spacial score (nSPS) is 36.2. The van der Waals surface area contributed by atoms with Crippen LogP contribution in [0.15, 0.2) is 24.8 Å². The summed E-state index contributed by atoms with van der Waals surface area (Å²) in [5.74, 6) is 0.634. The molecule has 0 radical (unpaired) electrons. The van der Waals surface area contributed by atoms with Gasteiger partial charge in [-0.25, -0.2) is 0 Å². The number of hydrogen-bond donors (Lipinski definition) is 2. The summed E-state index contributed by atoms with van der Waals surface area (Å²) in [6, 6.07) is 3.64. The summed E-state index contributed by atoms with van der Waals surface area (Å²) in [6.07, 6.45) is 3.05. The average Bonchev–Trinajstić information content (AvgIpc) is 2.91. The maximum absolute atomic E-state index is 12.6. The minimum atomic E-state index is -0.614. The minimum Gasteiger partial charge on any atom is -0.504 e. The molecule has 0 spiro atoms. The molecule has 128 valence electrons. The summed E-state index contributed by atoms with van der Waals surface area (Å²) < 4.78 is 12.1. The van der Waals surface area contributed by atoms with E-state index in [0.29, 0.717) is 25.1 Å². The molecule has 1 heterocycles. The molecule has 1 saturated carbocycles. The summed E-state index contributed by atoms with van der Waals surface area (Å²) in [7, 11) is 1.71. The van der Waals surface area contributed by atoms with Crippen LogP contribution in [0.2, 0.25) is 0 Å². The summed E-state index contributed by atoms with van der Waals surface area (Å²) in [5.41, 5.74) is 0.883. The highest BCUT2D eigenvalue weighted by Gasteiger charge is 2.69. The van der Waals surface area contributed by atoms with E-state index in [0.717, 1.165) is 17.5 Å². The van der Waals surface area contributed by atoms with Crippen LogP contribution in [0.25, 0.3) is 0 Å².